The van der Waals surface area contributed by atoms with Crippen molar-refractivity contribution in [2.24, 2.45) is 5.92 Å². The van der Waals surface area contributed by atoms with Crippen LogP contribution in [0.1, 0.15) is 29.3 Å². The van der Waals surface area contributed by atoms with Crippen molar-refractivity contribution in [2.75, 3.05) is 7.11 Å². The third kappa shape index (κ3) is 3.85. The van der Waals surface area contributed by atoms with Gasteiger partial charge in [0.2, 0.25) is 11.8 Å². The highest BCUT2D eigenvalue weighted by Crippen LogP contribution is 2.38. The van der Waals surface area contributed by atoms with Crippen LogP contribution < -0.4 is 10.1 Å². The van der Waals surface area contributed by atoms with E-state index in [1.165, 1.54) is 4.70 Å². The molecule has 0 unspecified atom stereocenters. The quantitative estimate of drug-likeness (QED) is 0.679. The van der Waals surface area contributed by atoms with Gasteiger partial charge in [-0.3, -0.25) is 4.79 Å². The molecule has 0 saturated heterocycles. The number of carbonyl (C=O) groups is 1. The van der Waals surface area contributed by atoms with E-state index in [4.69, 9.17) is 9.72 Å². The standard InChI is InChI=1S/C21H21N3O2S/c1-26-19-11-10-14(12-22-19)13-23-20(25)15-6-2-3-7-16(15)21-24-17-8-4-5-9-18(17)27-21/h2-5,8-12,15-16H,6-7,13H2,1H3,(H,23,25)/t15-,16-/m0/s1. The summed E-state index contributed by atoms with van der Waals surface area (Å²) in [5.41, 5.74) is 1.96. The summed E-state index contributed by atoms with van der Waals surface area (Å²) in [6.07, 6.45) is 7.58. The Kier molecular flexibility index (Phi) is 5.16. The zero-order valence-corrected chi connectivity index (χ0v) is 15.9. The molecule has 0 spiro atoms. The van der Waals surface area contributed by atoms with E-state index in [0.717, 1.165) is 28.9 Å². The lowest BCUT2D eigenvalue weighted by molar-refractivity contribution is -0.125. The second kappa shape index (κ2) is 7.88. The van der Waals surface area contributed by atoms with Crippen LogP contribution in [0.2, 0.25) is 0 Å². The summed E-state index contributed by atoms with van der Waals surface area (Å²) in [6, 6.07) is 11.9. The summed E-state index contributed by atoms with van der Waals surface area (Å²) in [5.74, 6) is 0.668. The molecule has 2 heterocycles. The number of thiazole rings is 1. The highest BCUT2D eigenvalue weighted by Gasteiger charge is 2.32. The maximum Gasteiger partial charge on any atom is 0.224 e. The third-order valence-corrected chi connectivity index (χ3v) is 6.04. The Balaban J connectivity index is 1.48. The Bertz CT molecular complexity index is 932. The van der Waals surface area contributed by atoms with E-state index >= 15 is 0 Å². The number of aromatic nitrogens is 2. The van der Waals surface area contributed by atoms with Crippen LogP contribution in [0.15, 0.2) is 54.7 Å². The van der Waals surface area contributed by atoms with E-state index < -0.39 is 0 Å². The van der Waals surface area contributed by atoms with Gasteiger partial charge in [-0.25, -0.2) is 9.97 Å². The van der Waals surface area contributed by atoms with Gasteiger partial charge < -0.3 is 10.1 Å². The Morgan fingerprint density at radius 2 is 2.07 bits per heavy atom. The van der Waals surface area contributed by atoms with Gasteiger partial charge in [0.1, 0.15) is 0 Å². The second-order valence-corrected chi connectivity index (χ2v) is 7.66. The van der Waals surface area contributed by atoms with Crippen LogP contribution in [0, 0.1) is 5.92 Å². The number of allylic oxidation sites excluding steroid dienone is 2. The zero-order valence-electron chi connectivity index (χ0n) is 15.1. The average Bonchev–Trinajstić information content (AvgIpc) is 3.16. The number of rotatable bonds is 5. The summed E-state index contributed by atoms with van der Waals surface area (Å²) in [7, 11) is 1.59. The number of nitrogens with one attached hydrogen (secondary N) is 1. The minimum atomic E-state index is -0.0956. The normalized spacial score (nSPS) is 19.1. The molecular weight excluding hydrogens is 358 g/mol. The van der Waals surface area contributed by atoms with Gasteiger partial charge in [0, 0.05) is 24.7 Å². The number of carbonyl (C=O) groups excluding carboxylic acids is 1. The van der Waals surface area contributed by atoms with Gasteiger partial charge in [0.05, 0.1) is 28.3 Å². The van der Waals surface area contributed by atoms with Gasteiger partial charge in [-0.15, -0.1) is 11.3 Å². The molecule has 27 heavy (non-hydrogen) atoms. The predicted molar refractivity (Wildman–Crippen MR) is 107 cm³/mol. The van der Waals surface area contributed by atoms with Crippen LogP contribution in [0.25, 0.3) is 10.2 Å². The van der Waals surface area contributed by atoms with E-state index in [2.05, 4.69) is 28.5 Å². The lowest BCUT2D eigenvalue weighted by Gasteiger charge is -2.26. The van der Waals surface area contributed by atoms with Crippen LogP contribution in [0.5, 0.6) is 5.88 Å². The molecular formula is C21H21N3O2S. The maximum absolute atomic E-state index is 12.9. The fourth-order valence-corrected chi connectivity index (χ4v) is 4.53. The van der Waals surface area contributed by atoms with Crippen molar-refractivity contribution in [3.63, 3.8) is 0 Å². The molecule has 1 aliphatic rings. The Morgan fingerprint density at radius 1 is 1.22 bits per heavy atom. The smallest absolute Gasteiger partial charge is 0.224 e. The van der Waals surface area contributed by atoms with Gasteiger partial charge in [0.25, 0.3) is 0 Å². The molecule has 2 atom stereocenters. The van der Waals surface area contributed by atoms with E-state index in [1.54, 1.807) is 30.7 Å². The first-order valence-corrected chi connectivity index (χ1v) is 9.83. The summed E-state index contributed by atoms with van der Waals surface area (Å²) >= 11 is 1.69. The van der Waals surface area contributed by atoms with Gasteiger partial charge in [0.15, 0.2) is 0 Å². The highest BCUT2D eigenvalue weighted by molar-refractivity contribution is 7.18. The monoisotopic (exact) mass is 379 g/mol. The minimum absolute atomic E-state index is 0.0689. The number of nitrogens with zero attached hydrogens (tertiary/aromatic N) is 2. The number of hydrogen-bond donors (Lipinski definition) is 1. The Hall–Kier alpha value is -2.73. The van der Waals surface area contributed by atoms with Crippen molar-refractivity contribution in [2.45, 2.75) is 25.3 Å². The first-order chi connectivity index (χ1) is 13.2. The Morgan fingerprint density at radius 3 is 2.85 bits per heavy atom. The molecule has 4 rings (SSSR count). The second-order valence-electron chi connectivity index (χ2n) is 6.60. The highest BCUT2D eigenvalue weighted by atomic mass is 32.1. The molecule has 0 aliphatic heterocycles. The van der Waals surface area contributed by atoms with E-state index in [-0.39, 0.29) is 17.7 Å². The third-order valence-electron chi connectivity index (χ3n) is 4.87. The number of benzene rings is 1. The van der Waals surface area contributed by atoms with Crippen LogP contribution in [-0.2, 0) is 11.3 Å². The van der Waals surface area contributed by atoms with Crippen molar-refractivity contribution >= 4 is 27.5 Å². The molecule has 1 N–H and O–H groups in total. The zero-order chi connectivity index (χ0) is 18.6. The molecule has 6 heteroatoms. The van der Waals surface area contributed by atoms with Crippen molar-refractivity contribution in [3.05, 3.63) is 65.3 Å². The molecule has 1 aliphatic carbocycles. The summed E-state index contributed by atoms with van der Waals surface area (Å²) in [5, 5.41) is 4.11. The predicted octanol–water partition coefficient (Wildman–Crippen LogP) is 4.07. The summed E-state index contributed by atoms with van der Waals surface area (Å²) in [6.45, 7) is 0.461. The fraction of sp³-hybridized carbons (Fsp3) is 0.286. The van der Waals surface area contributed by atoms with Crippen LogP contribution in [-0.4, -0.2) is 23.0 Å². The SMILES string of the molecule is COc1ccc(CNC(=O)[C@H]2CC=CC[C@@H]2c2nc3ccccc3s2)cn1. The first kappa shape index (κ1) is 17.7. The lowest BCUT2D eigenvalue weighted by Crippen LogP contribution is -2.34. The molecule has 1 amide bonds. The molecule has 5 nitrogen and oxygen atoms in total. The summed E-state index contributed by atoms with van der Waals surface area (Å²) in [4.78, 5) is 21.8. The summed E-state index contributed by atoms with van der Waals surface area (Å²) < 4.78 is 6.24. The minimum Gasteiger partial charge on any atom is -0.481 e. The van der Waals surface area contributed by atoms with Crippen LogP contribution >= 0.6 is 11.3 Å². The number of fused-ring (bicyclic) bond motifs is 1. The number of ether oxygens (including phenoxy) is 1. The molecule has 1 aromatic carbocycles. The van der Waals surface area contributed by atoms with Crippen molar-refractivity contribution in [3.8, 4) is 5.88 Å². The molecule has 2 aromatic heterocycles. The fourth-order valence-electron chi connectivity index (χ4n) is 3.38. The Labute approximate surface area is 162 Å². The first-order valence-electron chi connectivity index (χ1n) is 9.01. The lowest BCUT2D eigenvalue weighted by atomic mass is 9.82. The molecule has 138 valence electrons. The van der Waals surface area contributed by atoms with Crippen molar-refractivity contribution in [1.82, 2.24) is 15.3 Å². The number of hydrogen-bond acceptors (Lipinski definition) is 5. The molecule has 0 radical (unpaired) electrons. The van der Waals surface area contributed by atoms with E-state index in [9.17, 15) is 4.79 Å². The van der Waals surface area contributed by atoms with Crippen LogP contribution in [0.4, 0.5) is 0 Å². The molecule has 0 saturated carbocycles. The molecule has 0 bridgehead atoms. The molecule has 0 fully saturated rings. The van der Waals surface area contributed by atoms with Gasteiger partial charge in [-0.1, -0.05) is 30.4 Å². The van der Waals surface area contributed by atoms with Gasteiger partial charge >= 0.3 is 0 Å². The maximum atomic E-state index is 12.9. The number of methoxy groups -OCH3 is 1. The number of para-hydroxylation sites is 1. The van der Waals surface area contributed by atoms with Crippen molar-refractivity contribution < 1.29 is 9.53 Å². The number of amides is 1. The van der Waals surface area contributed by atoms with Crippen LogP contribution in [0.3, 0.4) is 0 Å². The molecule has 3 aromatic rings. The van der Waals surface area contributed by atoms with Crippen molar-refractivity contribution in [1.29, 1.82) is 0 Å². The van der Waals surface area contributed by atoms with E-state index in [1.807, 2.05) is 24.3 Å². The van der Waals surface area contributed by atoms with Gasteiger partial charge in [-0.05, 0) is 30.5 Å². The average molecular weight is 379 g/mol. The van der Waals surface area contributed by atoms with Gasteiger partial charge in [-0.2, -0.15) is 0 Å². The topological polar surface area (TPSA) is 64.1 Å². The van der Waals surface area contributed by atoms with E-state index in [0.29, 0.717) is 12.4 Å². The number of pyridine rings is 1. The largest absolute Gasteiger partial charge is 0.481 e.